The van der Waals surface area contributed by atoms with Gasteiger partial charge >= 0.3 is 6.09 Å². The molecule has 3 aromatic carbocycles. The molecular weight excluding hydrogens is 478 g/mol. The third-order valence-electron chi connectivity index (χ3n) is 7.26. The lowest BCUT2D eigenvalue weighted by atomic mass is 10.0. The maximum atomic E-state index is 13.1. The maximum absolute atomic E-state index is 13.1. The highest BCUT2D eigenvalue weighted by Crippen LogP contribution is 2.30. The minimum absolute atomic E-state index is 0.0288. The number of carbonyl (C=O) groups is 1. The van der Waals surface area contributed by atoms with Gasteiger partial charge in [-0.05, 0) is 60.4 Å². The van der Waals surface area contributed by atoms with Gasteiger partial charge in [0.2, 0.25) is 0 Å². The van der Waals surface area contributed by atoms with Gasteiger partial charge in [-0.25, -0.2) is 9.78 Å². The number of nitriles is 1. The third-order valence-corrected chi connectivity index (χ3v) is 7.26. The number of aromatic nitrogens is 3. The number of benzene rings is 3. The normalized spacial score (nSPS) is 17.2. The number of nitrogens with one attached hydrogen (secondary N) is 2. The molecule has 0 radical (unpaired) electrons. The molecule has 8 nitrogen and oxygen atoms in total. The highest BCUT2D eigenvalue weighted by Gasteiger charge is 2.36. The molecule has 1 saturated heterocycles. The zero-order valence-electron chi connectivity index (χ0n) is 21.0. The third kappa shape index (κ3) is 4.60. The van der Waals surface area contributed by atoms with Crippen LogP contribution in [0.4, 0.5) is 4.79 Å². The van der Waals surface area contributed by atoms with Crippen LogP contribution < -0.4 is 0 Å². The van der Waals surface area contributed by atoms with E-state index in [9.17, 15) is 10.1 Å². The van der Waals surface area contributed by atoms with Crippen molar-refractivity contribution in [2.24, 2.45) is 0 Å². The standard InChI is InChI=1S/C30H27N5O3/c1-37-24-14-23(35(17-24)30(36)38-18-19-5-3-2-4-6-19)12-22-16-32-26-10-8-21(13-25(22)26)29-33-27-9-7-20(15-31)11-28(27)34-29/h2-11,13,16,23-24,32H,12,14,17-18H2,1H3,(H,33,34)/t23-,24-/m1/s1. The fourth-order valence-electron chi connectivity index (χ4n) is 5.22. The van der Waals surface area contributed by atoms with E-state index in [4.69, 9.17) is 14.5 Å². The highest BCUT2D eigenvalue weighted by molar-refractivity contribution is 5.89. The lowest BCUT2D eigenvalue weighted by Gasteiger charge is -2.23. The van der Waals surface area contributed by atoms with Gasteiger partial charge in [-0.1, -0.05) is 30.3 Å². The van der Waals surface area contributed by atoms with Gasteiger partial charge in [0.15, 0.2) is 0 Å². The number of nitrogens with zero attached hydrogens (tertiary/aromatic N) is 3. The number of amides is 1. The summed E-state index contributed by atoms with van der Waals surface area (Å²) in [7, 11) is 1.69. The lowest BCUT2D eigenvalue weighted by molar-refractivity contribution is 0.0801. The summed E-state index contributed by atoms with van der Waals surface area (Å²) in [6.45, 7) is 0.746. The van der Waals surface area contributed by atoms with Crippen LogP contribution >= 0.6 is 0 Å². The summed E-state index contributed by atoms with van der Waals surface area (Å²) in [5.41, 5.74) is 6.27. The Balaban J connectivity index is 1.24. The molecule has 1 fully saturated rings. The Bertz CT molecular complexity index is 1650. The molecule has 190 valence electrons. The number of rotatable bonds is 6. The summed E-state index contributed by atoms with van der Waals surface area (Å²) in [5, 5.41) is 10.3. The van der Waals surface area contributed by atoms with Crippen LogP contribution in [0.1, 0.15) is 23.1 Å². The molecule has 3 heterocycles. The number of fused-ring (bicyclic) bond motifs is 2. The number of methoxy groups -OCH3 is 1. The molecule has 1 aliphatic heterocycles. The van der Waals surface area contributed by atoms with Crippen molar-refractivity contribution in [1.29, 1.82) is 5.26 Å². The van der Waals surface area contributed by atoms with Crippen LogP contribution in [0.5, 0.6) is 0 Å². The fourth-order valence-corrected chi connectivity index (χ4v) is 5.22. The van der Waals surface area contributed by atoms with Crippen LogP contribution in [0, 0.1) is 11.3 Å². The number of imidazole rings is 1. The topological polar surface area (TPSA) is 107 Å². The number of likely N-dealkylation sites (tertiary alicyclic amines) is 1. The summed E-state index contributed by atoms with van der Waals surface area (Å²) in [4.78, 5) is 26.3. The van der Waals surface area contributed by atoms with Crippen molar-refractivity contribution in [2.45, 2.75) is 31.6 Å². The maximum Gasteiger partial charge on any atom is 0.410 e. The first-order chi connectivity index (χ1) is 18.6. The van der Waals surface area contributed by atoms with E-state index in [0.717, 1.165) is 50.9 Å². The predicted octanol–water partition coefficient (Wildman–Crippen LogP) is 5.55. The van der Waals surface area contributed by atoms with Gasteiger partial charge in [-0.2, -0.15) is 5.26 Å². The molecule has 6 rings (SSSR count). The SMILES string of the molecule is CO[C@@H]1C[C@@H](Cc2c[nH]c3ccc(-c4nc5cc(C#N)ccc5[nH]4)cc23)N(C(=O)OCc2ccccc2)C1. The van der Waals surface area contributed by atoms with E-state index >= 15 is 0 Å². The molecule has 0 spiro atoms. The Hall–Kier alpha value is -4.61. The molecule has 0 aliphatic carbocycles. The fraction of sp³-hybridized carbons (Fsp3) is 0.233. The van der Waals surface area contributed by atoms with E-state index in [0.29, 0.717) is 18.5 Å². The van der Waals surface area contributed by atoms with Crippen molar-refractivity contribution in [3.8, 4) is 17.5 Å². The van der Waals surface area contributed by atoms with Gasteiger partial charge in [0.05, 0.1) is 35.3 Å². The van der Waals surface area contributed by atoms with Crippen LogP contribution in [-0.4, -0.2) is 51.7 Å². The van der Waals surface area contributed by atoms with E-state index in [2.05, 4.69) is 22.1 Å². The second-order valence-corrected chi connectivity index (χ2v) is 9.65. The second kappa shape index (κ2) is 10.0. The molecule has 2 aromatic heterocycles. The average Bonchev–Trinajstić information content (AvgIpc) is 3.68. The van der Waals surface area contributed by atoms with Crippen LogP contribution in [-0.2, 0) is 22.5 Å². The van der Waals surface area contributed by atoms with Crippen LogP contribution in [0.2, 0.25) is 0 Å². The minimum Gasteiger partial charge on any atom is -0.445 e. The van der Waals surface area contributed by atoms with E-state index in [1.54, 1.807) is 24.1 Å². The average molecular weight is 506 g/mol. The molecule has 8 heteroatoms. The number of ether oxygens (including phenoxy) is 2. The molecule has 5 aromatic rings. The molecular formula is C30H27N5O3. The highest BCUT2D eigenvalue weighted by atomic mass is 16.6. The number of aromatic amines is 2. The smallest absolute Gasteiger partial charge is 0.410 e. The van der Waals surface area contributed by atoms with Crippen molar-refractivity contribution in [3.63, 3.8) is 0 Å². The van der Waals surface area contributed by atoms with Gasteiger partial charge < -0.3 is 24.3 Å². The first-order valence-electron chi connectivity index (χ1n) is 12.6. The van der Waals surface area contributed by atoms with Gasteiger partial charge in [-0.15, -0.1) is 0 Å². The number of hydrogen-bond donors (Lipinski definition) is 2. The molecule has 38 heavy (non-hydrogen) atoms. The Kier molecular flexibility index (Phi) is 6.28. The first-order valence-corrected chi connectivity index (χ1v) is 12.6. The van der Waals surface area contributed by atoms with Crippen LogP contribution in [0.15, 0.2) is 72.9 Å². The van der Waals surface area contributed by atoms with Gasteiger partial charge in [0, 0.05) is 35.8 Å². The Morgan fingerprint density at radius 3 is 2.79 bits per heavy atom. The van der Waals surface area contributed by atoms with E-state index < -0.39 is 0 Å². The quantitative estimate of drug-likeness (QED) is 0.315. The van der Waals surface area contributed by atoms with Crippen molar-refractivity contribution in [2.75, 3.05) is 13.7 Å². The lowest BCUT2D eigenvalue weighted by Crippen LogP contribution is -2.37. The van der Waals surface area contributed by atoms with Crippen molar-refractivity contribution < 1.29 is 14.3 Å². The number of hydrogen-bond acceptors (Lipinski definition) is 5. The molecule has 1 aliphatic rings. The largest absolute Gasteiger partial charge is 0.445 e. The molecule has 2 N–H and O–H groups in total. The summed E-state index contributed by atoms with van der Waals surface area (Å²) >= 11 is 0. The monoisotopic (exact) mass is 505 g/mol. The molecule has 1 amide bonds. The molecule has 0 unspecified atom stereocenters. The van der Waals surface area contributed by atoms with Gasteiger partial charge in [0.25, 0.3) is 0 Å². The minimum atomic E-state index is -0.321. The first kappa shape index (κ1) is 23.8. The molecule has 0 bridgehead atoms. The van der Waals surface area contributed by atoms with E-state index in [1.165, 1.54) is 0 Å². The Morgan fingerprint density at radius 1 is 1.13 bits per heavy atom. The molecule has 2 atom stereocenters. The summed E-state index contributed by atoms with van der Waals surface area (Å²) < 4.78 is 11.3. The predicted molar refractivity (Wildman–Crippen MR) is 144 cm³/mol. The van der Waals surface area contributed by atoms with Gasteiger partial charge in [0.1, 0.15) is 12.4 Å². The zero-order valence-corrected chi connectivity index (χ0v) is 21.0. The molecule has 0 saturated carbocycles. The number of carbonyl (C=O) groups excluding carboxylic acids is 1. The van der Waals surface area contributed by atoms with Gasteiger partial charge in [-0.3, -0.25) is 0 Å². The van der Waals surface area contributed by atoms with E-state index in [1.807, 2.05) is 54.7 Å². The Morgan fingerprint density at radius 2 is 1.97 bits per heavy atom. The Labute approximate surface area is 219 Å². The van der Waals surface area contributed by atoms with Crippen LogP contribution in [0.25, 0.3) is 33.3 Å². The van der Waals surface area contributed by atoms with Crippen molar-refractivity contribution >= 4 is 28.0 Å². The zero-order chi connectivity index (χ0) is 26.1. The summed E-state index contributed by atoms with van der Waals surface area (Å²) in [6, 6.07) is 23.4. The number of H-pyrrole nitrogens is 2. The summed E-state index contributed by atoms with van der Waals surface area (Å²) in [5.74, 6) is 0.746. The van der Waals surface area contributed by atoms with Crippen molar-refractivity contribution in [3.05, 3.63) is 89.6 Å². The van der Waals surface area contributed by atoms with E-state index in [-0.39, 0.29) is 24.8 Å². The van der Waals surface area contributed by atoms with Crippen LogP contribution in [0.3, 0.4) is 0 Å². The second-order valence-electron chi connectivity index (χ2n) is 9.65. The van der Waals surface area contributed by atoms with Crippen molar-refractivity contribution in [1.82, 2.24) is 19.9 Å². The summed E-state index contributed by atoms with van der Waals surface area (Å²) in [6.07, 6.45) is 3.08.